The van der Waals surface area contributed by atoms with Crippen molar-refractivity contribution in [2.45, 2.75) is 31.1 Å². The lowest BCUT2D eigenvalue weighted by Crippen LogP contribution is -2.35. The van der Waals surface area contributed by atoms with Crippen LogP contribution in [0.3, 0.4) is 0 Å². The lowest BCUT2D eigenvalue weighted by Gasteiger charge is -2.20. The number of hydrogen-bond acceptors (Lipinski definition) is 2. The summed E-state index contributed by atoms with van der Waals surface area (Å²) in [6.07, 6.45) is -1.68. The smallest absolute Gasteiger partial charge is 0.416 e. The Morgan fingerprint density at radius 2 is 1.48 bits per heavy atom. The van der Waals surface area contributed by atoms with Gasteiger partial charge in [-0.15, -0.1) is 0 Å². The van der Waals surface area contributed by atoms with E-state index in [-0.39, 0.29) is 22.3 Å². The van der Waals surface area contributed by atoms with Crippen molar-refractivity contribution in [2.24, 2.45) is 0 Å². The Kier molecular flexibility index (Phi) is 7.62. The summed E-state index contributed by atoms with van der Waals surface area (Å²) >= 11 is 0. The Hall–Kier alpha value is -5.70. The number of aromatic carboxylic acids is 1. The number of nitrogens with one attached hydrogen (secondary N) is 1. The summed E-state index contributed by atoms with van der Waals surface area (Å²) in [5.41, 5.74) is 3.14. The molecule has 0 unspecified atom stereocenters. The highest BCUT2D eigenvalue weighted by Gasteiger charge is 2.46. The zero-order valence-electron chi connectivity index (χ0n) is 25.4. The number of carbonyl (C=O) groups is 2. The Balaban J connectivity index is 1.31. The molecule has 1 aliphatic carbocycles. The van der Waals surface area contributed by atoms with Crippen molar-refractivity contribution in [3.8, 4) is 22.3 Å². The molecular formula is C39H28F4N2O3. The van der Waals surface area contributed by atoms with Crippen molar-refractivity contribution in [3.63, 3.8) is 0 Å². The summed E-state index contributed by atoms with van der Waals surface area (Å²) in [5, 5.41) is 13.0. The zero-order chi connectivity index (χ0) is 33.6. The van der Waals surface area contributed by atoms with Crippen LogP contribution in [0.25, 0.3) is 33.2 Å². The van der Waals surface area contributed by atoms with Crippen molar-refractivity contribution in [3.05, 3.63) is 155 Å². The van der Waals surface area contributed by atoms with Gasteiger partial charge in [0.05, 0.1) is 27.7 Å². The summed E-state index contributed by atoms with van der Waals surface area (Å²) in [6.45, 7) is 0.407. The Bertz CT molecular complexity index is 2180. The van der Waals surface area contributed by atoms with E-state index < -0.39 is 35.0 Å². The number of carboxylic acids is 1. The highest BCUT2D eigenvalue weighted by molar-refractivity contribution is 6.08. The van der Waals surface area contributed by atoms with E-state index in [0.717, 1.165) is 34.4 Å². The lowest BCUT2D eigenvalue weighted by atomic mass is 9.97. The van der Waals surface area contributed by atoms with Gasteiger partial charge in [-0.2, -0.15) is 13.2 Å². The fourth-order valence-electron chi connectivity index (χ4n) is 6.24. The first-order valence-electron chi connectivity index (χ1n) is 15.3. The van der Waals surface area contributed by atoms with E-state index in [2.05, 4.69) is 11.4 Å². The van der Waals surface area contributed by atoms with Crippen LogP contribution in [0.5, 0.6) is 0 Å². The van der Waals surface area contributed by atoms with Gasteiger partial charge in [0.15, 0.2) is 0 Å². The predicted molar refractivity (Wildman–Crippen MR) is 175 cm³/mol. The van der Waals surface area contributed by atoms with E-state index in [1.165, 1.54) is 18.2 Å². The Morgan fingerprint density at radius 3 is 2.17 bits per heavy atom. The minimum absolute atomic E-state index is 0.00742. The van der Waals surface area contributed by atoms with Crippen molar-refractivity contribution in [1.82, 2.24) is 9.88 Å². The molecule has 48 heavy (non-hydrogen) atoms. The fraction of sp³-hybridized carbons (Fsp3) is 0.128. The van der Waals surface area contributed by atoms with Crippen LogP contribution in [-0.2, 0) is 18.3 Å². The molecular weight excluding hydrogens is 620 g/mol. The molecule has 1 aromatic heterocycles. The van der Waals surface area contributed by atoms with Crippen LogP contribution in [0.4, 0.5) is 17.6 Å². The average molecular weight is 649 g/mol. The third kappa shape index (κ3) is 6.07. The Labute approximate surface area is 273 Å². The number of carbonyl (C=O) groups excluding carboxylic acids is 1. The molecule has 2 N–H and O–H groups in total. The second-order valence-electron chi connectivity index (χ2n) is 12.1. The fourth-order valence-corrected chi connectivity index (χ4v) is 6.24. The van der Waals surface area contributed by atoms with E-state index >= 15 is 0 Å². The van der Waals surface area contributed by atoms with Crippen molar-refractivity contribution >= 4 is 22.8 Å². The first-order chi connectivity index (χ1) is 23.0. The third-order valence-electron chi connectivity index (χ3n) is 8.84. The van der Waals surface area contributed by atoms with Crippen molar-refractivity contribution < 1.29 is 32.3 Å². The van der Waals surface area contributed by atoms with E-state index in [9.17, 15) is 32.3 Å². The van der Waals surface area contributed by atoms with Gasteiger partial charge in [-0.1, -0.05) is 60.7 Å². The third-order valence-corrected chi connectivity index (χ3v) is 8.84. The topological polar surface area (TPSA) is 71.3 Å². The van der Waals surface area contributed by atoms with Gasteiger partial charge in [0.1, 0.15) is 5.82 Å². The van der Waals surface area contributed by atoms with Gasteiger partial charge in [0, 0.05) is 18.1 Å². The van der Waals surface area contributed by atoms with Crippen LogP contribution < -0.4 is 5.32 Å². The van der Waals surface area contributed by atoms with E-state index in [1.54, 1.807) is 24.3 Å². The molecule has 0 radical (unpaired) electrons. The van der Waals surface area contributed by atoms with Gasteiger partial charge >= 0.3 is 12.1 Å². The number of nitrogens with zero attached hydrogens (tertiary/aromatic N) is 1. The molecule has 0 saturated heterocycles. The molecule has 0 aliphatic heterocycles. The molecule has 1 heterocycles. The molecule has 5 aromatic carbocycles. The number of carboxylic acid groups (broad SMARTS) is 1. The summed E-state index contributed by atoms with van der Waals surface area (Å²) in [4.78, 5) is 25.6. The predicted octanol–water partition coefficient (Wildman–Crippen LogP) is 9.30. The van der Waals surface area contributed by atoms with E-state index in [4.69, 9.17) is 0 Å². The molecule has 6 aromatic rings. The van der Waals surface area contributed by atoms with Gasteiger partial charge in [-0.3, -0.25) is 4.79 Å². The maximum Gasteiger partial charge on any atom is 0.416 e. The molecule has 1 fully saturated rings. The molecule has 0 atom stereocenters. The number of aromatic nitrogens is 1. The first-order valence-corrected chi connectivity index (χ1v) is 15.3. The standard InChI is InChI=1S/C39H28F4N2O3/c40-33-20-30(19-32(22-33)39(41,42)43)29-18-28-13-16-45(23-24-5-4-8-27(17-24)25-6-2-1-3-7-25)35(28)34(21-29)36(46)44-38(14-15-38)31-11-9-26(10-12-31)37(47)48/h1-13,16-22H,14-15,23H2,(H,44,46)(H,47,48). The number of benzene rings is 5. The largest absolute Gasteiger partial charge is 0.478 e. The number of amides is 1. The van der Waals surface area contributed by atoms with Crippen LogP contribution in [0.2, 0.25) is 0 Å². The molecule has 1 amide bonds. The highest BCUT2D eigenvalue weighted by atomic mass is 19.4. The van der Waals surface area contributed by atoms with E-state index in [1.807, 2.05) is 59.3 Å². The average Bonchev–Trinajstić information content (AvgIpc) is 3.75. The van der Waals surface area contributed by atoms with Gasteiger partial charge < -0.3 is 15.0 Å². The van der Waals surface area contributed by atoms with E-state index in [0.29, 0.717) is 36.4 Å². The van der Waals surface area contributed by atoms with Gasteiger partial charge in [0.25, 0.3) is 5.91 Å². The minimum Gasteiger partial charge on any atom is -0.478 e. The van der Waals surface area contributed by atoms with Crippen molar-refractivity contribution in [2.75, 3.05) is 0 Å². The first kappa shape index (κ1) is 30.9. The maximum absolute atomic E-state index is 14.5. The molecule has 7 rings (SSSR count). The SMILES string of the molecule is O=C(O)c1ccc(C2(NC(=O)c3cc(-c4cc(F)cc(C(F)(F)F)c4)cc4ccn(Cc5cccc(-c6ccccc6)c5)c34)CC2)cc1. The monoisotopic (exact) mass is 648 g/mol. The quantitative estimate of drug-likeness (QED) is 0.162. The zero-order valence-corrected chi connectivity index (χ0v) is 25.4. The second-order valence-corrected chi connectivity index (χ2v) is 12.1. The maximum atomic E-state index is 14.5. The molecule has 0 bridgehead atoms. The number of halogens is 4. The number of alkyl halides is 3. The Morgan fingerprint density at radius 1 is 0.771 bits per heavy atom. The normalized spacial score (nSPS) is 13.8. The van der Waals surface area contributed by atoms with Crippen molar-refractivity contribution in [1.29, 1.82) is 0 Å². The van der Waals surface area contributed by atoms with Crippen LogP contribution in [0, 0.1) is 5.82 Å². The molecule has 5 nitrogen and oxygen atoms in total. The molecule has 1 aliphatic rings. The van der Waals surface area contributed by atoms with Gasteiger partial charge in [-0.25, -0.2) is 9.18 Å². The van der Waals surface area contributed by atoms with Gasteiger partial charge in [-0.05, 0) is 101 Å². The summed E-state index contributed by atoms with van der Waals surface area (Å²) < 4.78 is 57.3. The summed E-state index contributed by atoms with van der Waals surface area (Å²) in [5.74, 6) is -2.55. The minimum atomic E-state index is -4.76. The number of rotatable bonds is 8. The lowest BCUT2D eigenvalue weighted by molar-refractivity contribution is -0.137. The molecule has 240 valence electrons. The van der Waals surface area contributed by atoms with Crippen LogP contribution in [0.15, 0.2) is 121 Å². The van der Waals surface area contributed by atoms with Crippen LogP contribution >= 0.6 is 0 Å². The second kappa shape index (κ2) is 11.8. The van der Waals surface area contributed by atoms with Gasteiger partial charge in [0.2, 0.25) is 0 Å². The number of hydrogen-bond donors (Lipinski definition) is 2. The highest BCUT2D eigenvalue weighted by Crippen LogP contribution is 2.46. The molecule has 1 saturated carbocycles. The summed E-state index contributed by atoms with van der Waals surface area (Å²) in [6, 6.07) is 31.6. The molecule has 9 heteroatoms. The van der Waals surface area contributed by atoms with Crippen LogP contribution in [0.1, 0.15) is 50.2 Å². The number of fused-ring (bicyclic) bond motifs is 1. The molecule has 0 spiro atoms. The summed E-state index contributed by atoms with van der Waals surface area (Å²) in [7, 11) is 0. The van der Waals surface area contributed by atoms with Crippen LogP contribution in [-0.4, -0.2) is 21.6 Å².